The molecule has 2 aliphatic heterocycles. The van der Waals surface area contributed by atoms with E-state index in [1.165, 1.54) is 52.4 Å². The van der Waals surface area contributed by atoms with Crippen molar-refractivity contribution in [1.82, 2.24) is 9.80 Å². The van der Waals surface area contributed by atoms with Gasteiger partial charge in [-0.1, -0.05) is 0 Å². The number of rotatable bonds is 5. The molecule has 116 valence electrons. The fourth-order valence-corrected chi connectivity index (χ4v) is 3.42. The summed E-state index contributed by atoms with van der Waals surface area (Å²) in [5.74, 6) is 0.489. The van der Waals surface area contributed by atoms with Crippen LogP contribution >= 0.6 is 0 Å². The van der Waals surface area contributed by atoms with Crippen molar-refractivity contribution in [2.45, 2.75) is 38.1 Å². The molecule has 2 fully saturated rings. The second-order valence-electron chi connectivity index (χ2n) is 6.64. The highest BCUT2D eigenvalue weighted by molar-refractivity contribution is 5.80. The lowest BCUT2D eigenvalue weighted by molar-refractivity contribution is -0.147. The van der Waals surface area contributed by atoms with Gasteiger partial charge in [-0.25, -0.2) is 0 Å². The van der Waals surface area contributed by atoms with Gasteiger partial charge in [-0.15, -0.1) is 0 Å². The molecule has 0 aliphatic carbocycles. The van der Waals surface area contributed by atoms with E-state index in [0.29, 0.717) is 6.54 Å². The molecule has 2 aliphatic rings. The SMILES string of the molecule is COC(=O)C(C)(N)CN1CCC(CN2CCCC2)CC1. The predicted octanol–water partition coefficient (Wildman–Crippen LogP) is 0.685. The third-order valence-electron chi connectivity index (χ3n) is 4.63. The molecule has 0 amide bonds. The van der Waals surface area contributed by atoms with Gasteiger partial charge in [-0.2, -0.15) is 0 Å². The fraction of sp³-hybridized carbons (Fsp3) is 0.933. The van der Waals surface area contributed by atoms with Crippen LogP contribution in [-0.2, 0) is 9.53 Å². The van der Waals surface area contributed by atoms with Gasteiger partial charge in [0.15, 0.2) is 0 Å². The number of carbonyl (C=O) groups is 1. The van der Waals surface area contributed by atoms with Crippen LogP contribution in [0.25, 0.3) is 0 Å². The van der Waals surface area contributed by atoms with Crippen LogP contribution in [0.5, 0.6) is 0 Å². The zero-order chi connectivity index (χ0) is 14.6. The van der Waals surface area contributed by atoms with Crippen molar-refractivity contribution in [2.75, 3.05) is 46.4 Å². The largest absolute Gasteiger partial charge is 0.468 e. The number of piperidine rings is 1. The van der Waals surface area contributed by atoms with Crippen molar-refractivity contribution >= 4 is 5.97 Å². The van der Waals surface area contributed by atoms with Gasteiger partial charge < -0.3 is 20.3 Å². The molecule has 2 rings (SSSR count). The first-order valence-electron chi connectivity index (χ1n) is 7.83. The molecule has 0 bridgehead atoms. The van der Waals surface area contributed by atoms with E-state index < -0.39 is 5.54 Å². The number of likely N-dealkylation sites (tertiary alicyclic amines) is 2. The van der Waals surface area contributed by atoms with Crippen molar-refractivity contribution in [3.8, 4) is 0 Å². The summed E-state index contributed by atoms with van der Waals surface area (Å²) in [5, 5.41) is 0. The van der Waals surface area contributed by atoms with Gasteiger partial charge in [0.1, 0.15) is 5.54 Å². The molecule has 0 aromatic heterocycles. The molecular weight excluding hydrogens is 254 g/mol. The summed E-state index contributed by atoms with van der Waals surface area (Å²) in [5.41, 5.74) is 5.15. The fourth-order valence-electron chi connectivity index (χ4n) is 3.42. The molecule has 2 heterocycles. The van der Waals surface area contributed by atoms with E-state index in [0.717, 1.165) is 19.0 Å². The number of hydrogen-bond acceptors (Lipinski definition) is 5. The lowest BCUT2D eigenvalue weighted by Crippen LogP contribution is -2.55. The van der Waals surface area contributed by atoms with Gasteiger partial charge in [0, 0.05) is 13.1 Å². The van der Waals surface area contributed by atoms with E-state index in [1.54, 1.807) is 6.92 Å². The monoisotopic (exact) mass is 283 g/mol. The third kappa shape index (κ3) is 4.17. The standard InChI is InChI=1S/C15H29N3O2/c1-15(16,14(19)20-2)12-18-9-5-13(6-10-18)11-17-7-3-4-8-17/h13H,3-12,16H2,1-2H3. The third-order valence-corrected chi connectivity index (χ3v) is 4.63. The molecule has 1 unspecified atom stereocenters. The summed E-state index contributed by atoms with van der Waals surface area (Å²) >= 11 is 0. The molecule has 0 radical (unpaired) electrons. The quantitative estimate of drug-likeness (QED) is 0.752. The van der Waals surface area contributed by atoms with E-state index in [4.69, 9.17) is 10.5 Å². The van der Waals surface area contributed by atoms with Crippen molar-refractivity contribution in [3.63, 3.8) is 0 Å². The summed E-state index contributed by atoms with van der Waals surface area (Å²) in [6.07, 6.45) is 5.16. The summed E-state index contributed by atoms with van der Waals surface area (Å²) < 4.78 is 4.77. The highest BCUT2D eigenvalue weighted by Gasteiger charge is 2.33. The highest BCUT2D eigenvalue weighted by atomic mass is 16.5. The zero-order valence-electron chi connectivity index (χ0n) is 12.9. The molecule has 5 heteroatoms. The highest BCUT2D eigenvalue weighted by Crippen LogP contribution is 2.21. The van der Waals surface area contributed by atoms with Gasteiger partial charge >= 0.3 is 5.97 Å². The van der Waals surface area contributed by atoms with Crippen molar-refractivity contribution < 1.29 is 9.53 Å². The maximum Gasteiger partial charge on any atom is 0.326 e. The average molecular weight is 283 g/mol. The Morgan fingerprint density at radius 3 is 2.35 bits per heavy atom. The number of methoxy groups -OCH3 is 1. The van der Waals surface area contributed by atoms with Crippen LogP contribution in [0.2, 0.25) is 0 Å². The number of hydrogen-bond donors (Lipinski definition) is 1. The summed E-state index contributed by atoms with van der Waals surface area (Å²) in [6.45, 7) is 8.26. The molecule has 0 spiro atoms. The second kappa shape index (κ2) is 6.87. The van der Waals surface area contributed by atoms with Crippen LogP contribution < -0.4 is 5.73 Å². The molecule has 0 aromatic carbocycles. The van der Waals surface area contributed by atoms with E-state index in [2.05, 4.69) is 9.80 Å². The number of ether oxygens (including phenoxy) is 1. The van der Waals surface area contributed by atoms with Crippen LogP contribution in [0.15, 0.2) is 0 Å². The maximum atomic E-state index is 11.6. The van der Waals surface area contributed by atoms with Gasteiger partial charge in [0.05, 0.1) is 7.11 Å². The first-order valence-corrected chi connectivity index (χ1v) is 7.83. The molecule has 5 nitrogen and oxygen atoms in total. The van der Waals surface area contributed by atoms with Crippen molar-refractivity contribution in [3.05, 3.63) is 0 Å². The second-order valence-corrected chi connectivity index (χ2v) is 6.64. The van der Waals surface area contributed by atoms with Gasteiger partial charge in [-0.05, 0) is 64.7 Å². The van der Waals surface area contributed by atoms with Crippen LogP contribution in [0.3, 0.4) is 0 Å². The number of nitrogens with two attached hydrogens (primary N) is 1. The Morgan fingerprint density at radius 2 is 1.80 bits per heavy atom. The smallest absolute Gasteiger partial charge is 0.326 e. The minimum atomic E-state index is -0.892. The summed E-state index contributed by atoms with van der Waals surface area (Å²) in [4.78, 5) is 16.5. The van der Waals surface area contributed by atoms with Crippen molar-refractivity contribution in [2.24, 2.45) is 11.7 Å². The van der Waals surface area contributed by atoms with E-state index in [-0.39, 0.29) is 5.97 Å². The summed E-state index contributed by atoms with van der Waals surface area (Å²) in [6, 6.07) is 0. The minimum absolute atomic E-state index is 0.323. The molecular formula is C15H29N3O2. The molecule has 20 heavy (non-hydrogen) atoms. The lowest BCUT2D eigenvalue weighted by atomic mass is 9.94. The normalized spacial score (nSPS) is 25.6. The summed E-state index contributed by atoms with van der Waals surface area (Å²) in [7, 11) is 1.40. The molecule has 2 N–H and O–H groups in total. The number of carbonyl (C=O) groups excluding carboxylic acids is 1. The van der Waals surface area contributed by atoms with Crippen LogP contribution in [0.1, 0.15) is 32.6 Å². The van der Waals surface area contributed by atoms with Crippen LogP contribution in [-0.4, -0.2) is 67.7 Å². The number of esters is 1. The maximum absolute atomic E-state index is 11.6. The molecule has 0 aromatic rings. The predicted molar refractivity (Wildman–Crippen MR) is 79.4 cm³/mol. The Bertz CT molecular complexity index is 319. The Morgan fingerprint density at radius 1 is 1.20 bits per heavy atom. The van der Waals surface area contributed by atoms with Crippen LogP contribution in [0, 0.1) is 5.92 Å². The Kier molecular flexibility index (Phi) is 5.41. The van der Waals surface area contributed by atoms with Crippen LogP contribution in [0.4, 0.5) is 0 Å². The lowest BCUT2D eigenvalue weighted by Gasteiger charge is -2.37. The Balaban J connectivity index is 1.72. The van der Waals surface area contributed by atoms with E-state index in [9.17, 15) is 4.79 Å². The average Bonchev–Trinajstić information content (AvgIpc) is 2.92. The van der Waals surface area contributed by atoms with E-state index in [1.807, 2.05) is 0 Å². The van der Waals surface area contributed by atoms with Gasteiger partial charge in [-0.3, -0.25) is 4.79 Å². The minimum Gasteiger partial charge on any atom is -0.468 e. The number of nitrogens with zero attached hydrogens (tertiary/aromatic N) is 2. The molecule has 2 saturated heterocycles. The molecule has 0 saturated carbocycles. The van der Waals surface area contributed by atoms with Gasteiger partial charge in [0.25, 0.3) is 0 Å². The zero-order valence-corrected chi connectivity index (χ0v) is 12.9. The van der Waals surface area contributed by atoms with Gasteiger partial charge in [0.2, 0.25) is 0 Å². The Labute approximate surface area is 122 Å². The van der Waals surface area contributed by atoms with E-state index >= 15 is 0 Å². The topological polar surface area (TPSA) is 58.8 Å². The molecule has 1 atom stereocenters. The Hall–Kier alpha value is -0.650. The first kappa shape index (κ1) is 15.7. The first-order chi connectivity index (χ1) is 9.51. The van der Waals surface area contributed by atoms with Crippen molar-refractivity contribution in [1.29, 1.82) is 0 Å².